The zero-order chi connectivity index (χ0) is 24.5. The highest BCUT2D eigenvalue weighted by Gasteiger charge is 2.25. The van der Waals surface area contributed by atoms with Crippen molar-refractivity contribution in [1.29, 1.82) is 0 Å². The number of carboxylic acids is 1. The summed E-state index contributed by atoms with van der Waals surface area (Å²) in [6, 6.07) is 18.5. The topological polar surface area (TPSA) is 136 Å². The number of nitrogens with zero attached hydrogens (tertiary/aromatic N) is 1. The predicted octanol–water partition coefficient (Wildman–Crippen LogP) is 4.34. The molecule has 176 valence electrons. The highest BCUT2D eigenvalue weighted by atomic mass is 32.2. The maximum absolute atomic E-state index is 13.2. The first kappa shape index (κ1) is 23.7. The second-order valence-corrected chi connectivity index (χ2v) is 10.4. The van der Waals surface area contributed by atoms with Crippen molar-refractivity contribution in [2.24, 2.45) is 0 Å². The van der Waals surface area contributed by atoms with E-state index in [2.05, 4.69) is 4.72 Å². The minimum atomic E-state index is -4.36. The summed E-state index contributed by atoms with van der Waals surface area (Å²) < 4.78 is 60.3. The molecule has 0 bridgehead atoms. The molecule has 1 unspecified atom stereocenters. The predicted molar refractivity (Wildman–Crippen MR) is 130 cm³/mol. The van der Waals surface area contributed by atoms with E-state index < -0.39 is 32.2 Å². The van der Waals surface area contributed by atoms with Crippen molar-refractivity contribution in [3.8, 4) is 5.75 Å². The SMILES string of the molecule is COc1ccc(C(=O)O)cc1S(=O)(=O)Nc1ccccc1N(c1cc2ccccc2s1)S(=O)[O-]. The van der Waals surface area contributed by atoms with Gasteiger partial charge in [-0.15, -0.1) is 11.3 Å². The van der Waals surface area contributed by atoms with Gasteiger partial charge in [-0.2, -0.15) is 0 Å². The minimum Gasteiger partial charge on any atom is -0.755 e. The molecule has 12 heteroatoms. The largest absolute Gasteiger partial charge is 0.755 e. The van der Waals surface area contributed by atoms with Crippen molar-refractivity contribution in [3.05, 3.63) is 78.4 Å². The van der Waals surface area contributed by atoms with E-state index in [1.165, 1.54) is 42.7 Å². The molecular formula is C22H17N2O7S3-. The van der Waals surface area contributed by atoms with E-state index in [1.54, 1.807) is 18.2 Å². The Hall–Kier alpha value is -3.45. The third-order valence-corrected chi connectivity index (χ3v) is 8.12. The number of rotatable bonds is 8. The summed E-state index contributed by atoms with van der Waals surface area (Å²) in [6.07, 6.45) is 0. The van der Waals surface area contributed by atoms with Crippen LogP contribution in [0.5, 0.6) is 5.75 Å². The lowest BCUT2D eigenvalue weighted by molar-refractivity contribution is 0.0696. The molecule has 1 aromatic heterocycles. The lowest BCUT2D eigenvalue weighted by Crippen LogP contribution is -2.22. The maximum Gasteiger partial charge on any atom is 0.335 e. The molecule has 34 heavy (non-hydrogen) atoms. The fourth-order valence-electron chi connectivity index (χ4n) is 3.30. The zero-order valence-corrected chi connectivity index (χ0v) is 19.9. The van der Waals surface area contributed by atoms with Gasteiger partial charge in [0.05, 0.1) is 35.3 Å². The van der Waals surface area contributed by atoms with Gasteiger partial charge in [-0.1, -0.05) is 30.3 Å². The molecule has 0 aliphatic heterocycles. The summed E-state index contributed by atoms with van der Waals surface area (Å²) in [4.78, 5) is 11.0. The number of hydrogen-bond acceptors (Lipinski definition) is 7. The first-order valence-corrected chi connectivity index (χ1v) is 13.0. The van der Waals surface area contributed by atoms with E-state index >= 15 is 0 Å². The van der Waals surface area contributed by atoms with Crippen LogP contribution < -0.4 is 13.8 Å². The number of methoxy groups -OCH3 is 1. The second-order valence-electron chi connectivity index (χ2n) is 6.93. The number of hydrogen-bond donors (Lipinski definition) is 2. The van der Waals surface area contributed by atoms with E-state index in [-0.39, 0.29) is 22.7 Å². The Morgan fingerprint density at radius 1 is 1.09 bits per heavy atom. The molecule has 0 spiro atoms. The molecular weight excluding hydrogens is 500 g/mol. The summed E-state index contributed by atoms with van der Waals surface area (Å²) in [5.74, 6) is -1.37. The second kappa shape index (κ2) is 9.43. The first-order chi connectivity index (χ1) is 16.2. The van der Waals surface area contributed by atoms with Crippen LogP contribution in [0.2, 0.25) is 0 Å². The summed E-state index contributed by atoms with van der Waals surface area (Å²) in [7, 11) is -3.11. The normalized spacial score (nSPS) is 12.3. The average molecular weight is 518 g/mol. The van der Waals surface area contributed by atoms with Gasteiger partial charge in [0, 0.05) is 4.70 Å². The first-order valence-electron chi connectivity index (χ1n) is 9.62. The molecule has 0 saturated heterocycles. The fourth-order valence-corrected chi connectivity index (χ4v) is 6.37. The van der Waals surface area contributed by atoms with Gasteiger partial charge in [0.25, 0.3) is 10.0 Å². The van der Waals surface area contributed by atoms with E-state index in [4.69, 9.17) is 4.74 Å². The number of aromatic carboxylic acids is 1. The number of sulfonamides is 1. The van der Waals surface area contributed by atoms with Crippen molar-refractivity contribution < 1.29 is 31.8 Å². The molecule has 1 heterocycles. The van der Waals surface area contributed by atoms with Crippen LogP contribution in [0.25, 0.3) is 10.1 Å². The molecule has 0 aliphatic rings. The standard InChI is InChI=1S/C22H18N2O7S3/c1-31-18-11-10-15(22(25)26)12-20(18)34(29,30)23-16-7-3-4-8-17(16)24(33(27)28)21-13-14-6-2-5-9-19(14)32-21/h2-13,23H,1H3,(H,25,26)(H,27,28)/p-1. The number of para-hydroxylation sites is 2. The van der Waals surface area contributed by atoms with Crippen LogP contribution in [0.3, 0.4) is 0 Å². The monoisotopic (exact) mass is 517 g/mol. The number of benzene rings is 3. The van der Waals surface area contributed by atoms with Gasteiger partial charge >= 0.3 is 5.97 Å². The maximum atomic E-state index is 13.2. The average Bonchev–Trinajstić information content (AvgIpc) is 3.23. The lowest BCUT2D eigenvalue weighted by Gasteiger charge is -2.27. The molecule has 2 N–H and O–H groups in total. The molecule has 0 radical (unpaired) electrons. The number of nitrogens with one attached hydrogen (secondary N) is 1. The number of carbonyl (C=O) groups is 1. The Kier molecular flexibility index (Phi) is 6.57. The fraction of sp³-hybridized carbons (Fsp3) is 0.0455. The van der Waals surface area contributed by atoms with E-state index in [1.807, 2.05) is 24.3 Å². The number of thiophene rings is 1. The van der Waals surface area contributed by atoms with Crippen LogP contribution in [0, 0.1) is 0 Å². The van der Waals surface area contributed by atoms with Crippen LogP contribution in [-0.4, -0.2) is 35.4 Å². The van der Waals surface area contributed by atoms with Crippen molar-refractivity contribution in [2.75, 3.05) is 16.1 Å². The quantitative estimate of drug-likeness (QED) is 0.332. The molecule has 0 saturated carbocycles. The highest BCUT2D eigenvalue weighted by molar-refractivity contribution is 7.92. The Morgan fingerprint density at radius 2 is 1.79 bits per heavy atom. The summed E-state index contributed by atoms with van der Waals surface area (Å²) in [6.45, 7) is 0. The molecule has 4 rings (SSSR count). The van der Waals surface area contributed by atoms with E-state index in [9.17, 15) is 27.1 Å². The Bertz CT molecular complexity index is 1480. The molecule has 0 fully saturated rings. The van der Waals surface area contributed by atoms with Crippen LogP contribution in [0.15, 0.2) is 77.7 Å². The van der Waals surface area contributed by atoms with Gasteiger partial charge in [-0.25, -0.2) is 13.2 Å². The van der Waals surface area contributed by atoms with Gasteiger partial charge in [0.2, 0.25) is 0 Å². The van der Waals surface area contributed by atoms with E-state index in [0.717, 1.165) is 20.5 Å². The lowest BCUT2D eigenvalue weighted by atomic mass is 10.2. The Balaban J connectivity index is 1.80. The van der Waals surface area contributed by atoms with Gasteiger partial charge in [0.15, 0.2) is 0 Å². The molecule has 0 aliphatic carbocycles. The van der Waals surface area contributed by atoms with Gasteiger partial charge in [-0.3, -0.25) is 13.2 Å². The van der Waals surface area contributed by atoms with Crippen molar-refractivity contribution in [3.63, 3.8) is 0 Å². The van der Waals surface area contributed by atoms with Gasteiger partial charge in [0.1, 0.15) is 15.6 Å². The van der Waals surface area contributed by atoms with Crippen LogP contribution >= 0.6 is 11.3 Å². The van der Waals surface area contributed by atoms with Crippen molar-refractivity contribution in [1.82, 2.24) is 0 Å². The summed E-state index contributed by atoms with van der Waals surface area (Å²) in [5.41, 5.74) is -0.201. The molecule has 3 aromatic carbocycles. The third-order valence-electron chi connectivity index (χ3n) is 4.83. The molecule has 1 atom stereocenters. The Morgan fingerprint density at radius 3 is 2.47 bits per heavy atom. The number of anilines is 3. The third kappa shape index (κ3) is 4.61. The van der Waals surface area contributed by atoms with Crippen LogP contribution in [0.4, 0.5) is 16.4 Å². The smallest absolute Gasteiger partial charge is 0.335 e. The summed E-state index contributed by atoms with van der Waals surface area (Å²) in [5, 5.41) is 10.5. The molecule has 0 amide bonds. The summed E-state index contributed by atoms with van der Waals surface area (Å²) >= 11 is -1.54. The van der Waals surface area contributed by atoms with Crippen LogP contribution in [0.1, 0.15) is 10.4 Å². The molecule has 9 nitrogen and oxygen atoms in total. The van der Waals surface area contributed by atoms with Gasteiger partial charge < -0.3 is 14.4 Å². The number of fused-ring (bicyclic) bond motifs is 1. The number of ether oxygens (including phenoxy) is 1. The zero-order valence-electron chi connectivity index (χ0n) is 17.5. The minimum absolute atomic E-state index is 0.0214. The van der Waals surface area contributed by atoms with Crippen LogP contribution in [-0.2, 0) is 21.3 Å². The van der Waals surface area contributed by atoms with Crippen molar-refractivity contribution >= 4 is 65.1 Å². The Labute approximate surface area is 201 Å². The van der Waals surface area contributed by atoms with Crippen molar-refractivity contribution in [2.45, 2.75) is 4.90 Å². The highest BCUT2D eigenvalue weighted by Crippen LogP contribution is 2.40. The van der Waals surface area contributed by atoms with Gasteiger partial charge in [-0.05, 0) is 47.9 Å². The number of carboxylic acid groups (broad SMARTS) is 1. The van der Waals surface area contributed by atoms with E-state index in [0.29, 0.717) is 5.00 Å². The molecule has 4 aromatic rings.